The summed E-state index contributed by atoms with van der Waals surface area (Å²) in [5, 5.41) is 0. The normalized spacial score (nSPS) is 10.5. The van der Waals surface area contributed by atoms with Crippen molar-refractivity contribution in [1.29, 1.82) is 0 Å². The number of aldehydes is 1. The number of aryl methyl sites for hydroxylation is 2. The maximum absolute atomic E-state index is 10.9. The Balaban J connectivity index is 2.52. The molecule has 2 aromatic rings. The van der Waals surface area contributed by atoms with Gasteiger partial charge in [0.25, 0.3) is 0 Å². The third kappa shape index (κ3) is 2.03. The lowest BCUT2D eigenvalue weighted by Crippen LogP contribution is -1.99. The fourth-order valence-electron chi connectivity index (χ4n) is 2.18. The summed E-state index contributed by atoms with van der Waals surface area (Å²) in [6, 6.07) is 10.4. The van der Waals surface area contributed by atoms with Crippen LogP contribution < -0.4 is 0 Å². The summed E-state index contributed by atoms with van der Waals surface area (Å²) in [4.78, 5) is 10.9. The van der Waals surface area contributed by atoms with Crippen molar-refractivity contribution >= 4 is 6.29 Å². The Hall–Kier alpha value is -1.83. The number of hydrogen-bond acceptors (Lipinski definition) is 1. The molecule has 0 atom stereocenters. The molecule has 0 aliphatic carbocycles. The number of rotatable bonds is 3. The summed E-state index contributed by atoms with van der Waals surface area (Å²) >= 11 is 0. The summed E-state index contributed by atoms with van der Waals surface area (Å²) in [6.45, 7) is 6.14. The Morgan fingerprint density at radius 3 is 2.29 bits per heavy atom. The van der Waals surface area contributed by atoms with Crippen LogP contribution in [-0.2, 0) is 6.42 Å². The summed E-state index contributed by atoms with van der Waals surface area (Å²) in [6.07, 6.45) is 1.96. The van der Waals surface area contributed by atoms with Gasteiger partial charge in [0, 0.05) is 22.6 Å². The van der Waals surface area contributed by atoms with Crippen molar-refractivity contribution in [1.82, 2.24) is 4.57 Å². The molecule has 1 heterocycles. The van der Waals surface area contributed by atoms with Gasteiger partial charge in [-0.05, 0) is 44.0 Å². The SMILES string of the molecule is CCc1ccc(-n2c(C)cc(C=O)c2C)cc1. The molecular weight excluding hydrogens is 210 g/mol. The number of aromatic nitrogens is 1. The molecule has 0 amide bonds. The van der Waals surface area contributed by atoms with Gasteiger partial charge in [-0.2, -0.15) is 0 Å². The molecule has 0 aliphatic rings. The minimum Gasteiger partial charge on any atom is -0.318 e. The molecule has 0 bridgehead atoms. The van der Waals surface area contributed by atoms with Crippen LogP contribution in [0.1, 0.15) is 34.2 Å². The summed E-state index contributed by atoms with van der Waals surface area (Å²) in [5.41, 5.74) is 5.30. The zero-order valence-electron chi connectivity index (χ0n) is 10.5. The Morgan fingerprint density at radius 2 is 1.82 bits per heavy atom. The quantitative estimate of drug-likeness (QED) is 0.736. The molecule has 2 nitrogen and oxygen atoms in total. The number of carbonyl (C=O) groups is 1. The lowest BCUT2D eigenvalue weighted by Gasteiger charge is -2.10. The van der Waals surface area contributed by atoms with Gasteiger partial charge in [-0.3, -0.25) is 4.79 Å². The van der Waals surface area contributed by atoms with E-state index in [2.05, 4.69) is 35.8 Å². The highest BCUT2D eigenvalue weighted by molar-refractivity contribution is 5.77. The van der Waals surface area contributed by atoms with E-state index in [1.54, 1.807) is 0 Å². The summed E-state index contributed by atoms with van der Waals surface area (Å²) < 4.78 is 2.11. The van der Waals surface area contributed by atoms with E-state index >= 15 is 0 Å². The van der Waals surface area contributed by atoms with Crippen molar-refractivity contribution in [2.75, 3.05) is 0 Å². The minimum atomic E-state index is 0.766. The highest BCUT2D eigenvalue weighted by Gasteiger charge is 2.09. The van der Waals surface area contributed by atoms with Crippen molar-refractivity contribution in [2.24, 2.45) is 0 Å². The Kier molecular flexibility index (Phi) is 3.14. The number of benzene rings is 1. The predicted molar refractivity (Wildman–Crippen MR) is 70.0 cm³/mol. The molecule has 0 N–H and O–H groups in total. The second kappa shape index (κ2) is 4.58. The van der Waals surface area contributed by atoms with Crippen molar-refractivity contribution in [2.45, 2.75) is 27.2 Å². The lowest BCUT2D eigenvalue weighted by molar-refractivity contribution is 0.112. The van der Waals surface area contributed by atoms with Crippen LogP contribution in [0.5, 0.6) is 0 Å². The Labute approximate surface area is 102 Å². The van der Waals surface area contributed by atoms with E-state index < -0.39 is 0 Å². The van der Waals surface area contributed by atoms with Crippen LogP contribution in [0.15, 0.2) is 30.3 Å². The van der Waals surface area contributed by atoms with Gasteiger partial charge >= 0.3 is 0 Å². The van der Waals surface area contributed by atoms with Crippen LogP contribution >= 0.6 is 0 Å². The highest BCUT2D eigenvalue weighted by Crippen LogP contribution is 2.20. The zero-order chi connectivity index (χ0) is 12.4. The van der Waals surface area contributed by atoms with Crippen LogP contribution in [0.2, 0.25) is 0 Å². The molecule has 0 radical (unpaired) electrons. The Bertz CT molecular complexity index is 535. The fraction of sp³-hybridized carbons (Fsp3) is 0.267. The molecule has 0 fully saturated rings. The van der Waals surface area contributed by atoms with Crippen LogP contribution in [-0.4, -0.2) is 10.9 Å². The summed E-state index contributed by atoms with van der Waals surface area (Å²) in [7, 11) is 0. The molecule has 1 aromatic carbocycles. The van der Waals surface area contributed by atoms with Gasteiger partial charge in [0.1, 0.15) is 0 Å². The molecule has 2 heteroatoms. The minimum absolute atomic E-state index is 0.766. The number of nitrogens with zero attached hydrogens (tertiary/aromatic N) is 1. The first kappa shape index (κ1) is 11.6. The van der Waals surface area contributed by atoms with Crippen molar-refractivity contribution in [3.63, 3.8) is 0 Å². The van der Waals surface area contributed by atoms with Gasteiger partial charge in [-0.15, -0.1) is 0 Å². The van der Waals surface area contributed by atoms with E-state index in [1.807, 2.05) is 19.9 Å². The lowest BCUT2D eigenvalue weighted by atomic mass is 10.1. The van der Waals surface area contributed by atoms with E-state index in [4.69, 9.17) is 0 Å². The third-order valence-electron chi connectivity index (χ3n) is 3.20. The second-order valence-corrected chi connectivity index (χ2v) is 4.30. The largest absolute Gasteiger partial charge is 0.318 e. The van der Waals surface area contributed by atoms with Crippen molar-refractivity contribution in [3.8, 4) is 5.69 Å². The molecule has 2 rings (SSSR count). The van der Waals surface area contributed by atoms with E-state index in [1.165, 1.54) is 5.56 Å². The zero-order valence-corrected chi connectivity index (χ0v) is 10.5. The van der Waals surface area contributed by atoms with Gasteiger partial charge in [0.15, 0.2) is 6.29 Å². The molecular formula is C15H17NO. The van der Waals surface area contributed by atoms with E-state index in [0.717, 1.165) is 35.3 Å². The van der Waals surface area contributed by atoms with Gasteiger partial charge in [-0.25, -0.2) is 0 Å². The third-order valence-corrected chi connectivity index (χ3v) is 3.20. The standard InChI is InChI=1S/C15H17NO/c1-4-13-5-7-15(8-6-13)16-11(2)9-14(10-17)12(16)3/h5-10H,4H2,1-3H3. The van der Waals surface area contributed by atoms with Crippen LogP contribution in [0.3, 0.4) is 0 Å². The first-order valence-electron chi connectivity index (χ1n) is 5.90. The maximum atomic E-state index is 10.9. The number of hydrogen-bond donors (Lipinski definition) is 0. The first-order chi connectivity index (χ1) is 8.17. The Morgan fingerprint density at radius 1 is 1.18 bits per heavy atom. The molecule has 88 valence electrons. The first-order valence-corrected chi connectivity index (χ1v) is 5.90. The van der Waals surface area contributed by atoms with Crippen LogP contribution in [0.4, 0.5) is 0 Å². The predicted octanol–water partition coefficient (Wildman–Crippen LogP) is 3.47. The van der Waals surface area contributed by atoms with Crippen LogP contribution in [0.25, 0.3) is 5.69 Å². The van der Waals surface area contributed by atoms with E-state index in [-0.39, 0.29) is 0 Å². The summed E-state index contributed by atoms with van der Waals surface area (Å²) in [5.74, 6) is 0. The molecule has 1 aromatic heterocycles. The monoisotopic (exact) mass is 227 g/mol. The molecule has 0 spiro atoms. The average Bonchev–Trinajstić information content (AvgIpc) is 2.64. The highest BCUT2D eigenvalue weighted by atomic mass is 16.1. The van der Waals surface area contributed by atoms with E-state index in [9.17, 15) is 4.79 Å². The molecule has 0 aliphatic heterocycles. The molecule has 17 heavy (non-hydrogen) atoms. The molecule has 0 unspecified atom stereocenters. The average molecular weight is 227 g/mol. The van der Waals surface area contributed by atoms with Gasteiger partial charge < -0.3 is 4.57 Å². The maximum Gasteiger partial charge on any atom is 0.151 e. The molecule has 0 saturated heterocycles. The number of carbonyl (C=O) groups excluding carboxylic acids is 1. The van der Waals surface area contributed by atoms with Crippen molar-refractivity contribution in [3.05, 3.63) is 52.8 Å². The van der Waals surface area contributed by atoms with E-state index in [0.29, 0.717) is 0 Å². The smallest absolute Gasteiger partial charge is 0.151 e. The van der Waals surface area contributed by atoms with Crippen molar-refractivity contribution < 1.29 is 4.79 Å². The topological polar surface area (TPSA) is 22.0 Å². The van der Waals surface area contributed by atoms with Gasteiger partial charge in [0.05, 0.1) is 0 Å². The van der Waals surface area contributed by atoms with Crippen LogP contribution in [0, 0.1) is 13.8 Å². The van der Waals surface area contributed by atoms with Gasteiger partial charge in [-0.1, -0.05) is 19.1 Å². The fourth-order valence-corrected chi connectivity index (χ4v) is 2.18. The molecule has 0 saturated carbocycles. The van der Waals surface area contributed by atoms with Gasteiger partial charge in [0.2, 0.25) is 0 Å². The second-order valence-electron chi connectivity index (χ2n) is 4.30.